The highest BCUT2D eigenvalue weighted by Gasteiger charge is 2.39. The molecule has 2 aliphatic rings. The number of carboxylic acid groups (broad SMARTS) is 1. The topological polar surface area (TPSA) is 157 Å². The van der Waals surface area contributed by atoms with Gasteiger partial charge < -0.3 is 29.9 Å². The molecule has 1 aromatic heterocycles. The number of carboxylic acids is 1. The van der Waals surface area contributed by atoms with Crippen LogP contribution in [-0.4, -0.2) is 87.3 Å². The first-order valence-electron chi connectivity index (χ1n) is 10.0. The summed E-state index contributed by atoms with van der Waals surface area (Å²) in [4.78, 5) is 66.2. The van der Waals surface area contributed by atoms with Crippen molar-refractivity contribution in [2.45, 2.75) is 6.04 Å². The Morgan fingerprint density at radius 1 is 1.15 bits per heavy atom. The lowest BCUT2D eigenvalue weighted by atomic mass is 10.1. The number of aromatic amines is 1. The fourth-order valence-corrected chi connectivity index (χ4v) is 3.83. The Bertz CT molecular complexity index is 1280. The average molecular weight is 458 g/mol. The Morgan fingerprint density at radius 2 is 1.88 bits per heavy atom. The van der Waals surface area contributed by atoms with Gasteiger partial charge in [0.2, 0.25) is 5.75 Å². The second kappa shape index (κ2) is 8.00. The third-order valence-electron chi connectivity index (χ3n) is 5.51. The van der Waals surface area contributed by atoms with Crippen LogP contribution in [0.4, 0.5) is 16.2 Å². The number of aliphatic carboxylic acids is 1. The molecule has 3 N–H and O–H groups in total. The molecular weight excluding hydrogens is 436 g/mol. The van der Waals surface area contributed by atoms with Crippen LogP contribution < -0.4 is 21.2 Å². The molecule has 3 amide bonds. The summed E-state index contributed by atoms with van der Waals surface area (Å²) in [7, 11) is 4.47. The summed E-state index contributed by atoms with van der Waals surface area (Å²) in [6.45, 7) is -0.0329. The number of urea groups is 1. The number of hydrogen-bond donors (Lipinski definition) is 3. The van der Waals surface area contributed by atoms with Crippen molar-refractivity contribution in [3.63, 3.8) is 0 Å². The number of benzene rings is 1. The highest BCUT2D eigenvalue weighted by Crippen LogP contribution is 2.41. The number of aryl methyl sites for hydroxylation is 1. The van der Waals surface area contributed by atoms with Gasteiger partial charge in [-0.2, -0.15) is 0 Å². The van der Waals surface area contributed by atoms with Crippen LogP contribution in [0.25, 0.3) is 0 Å². The van der Waals surface area contributed by atoms with Crippen LogP contribution in [0.2, 0.25) is 0 Å². The molecule has 1 atom stereocenters. The van der Waals surface area contributed by atoms with Crippen molar-refractivity contribution in [3.8, 4) is 11.5 Å². The molecule has 1 saturated heterocycles. The van der Waals surface area contributed by atoms with E-state index in [4.69, 9.17) is 4.74 Å². The SMILES string of the molecule is CN(C)C(=O)N1CCN(C(=O)c2cccc3c2Oc2c(c(=O)[nH]n(C)c2=O)N3)C(C(=O)O)C1. The van der Waals surface area contributed by atoms with Crippen molar-refractivity contribution < 1.29 is 24.2 Å². The smallest absolute Gasteiger partial charge is 0.328 e. The number of rotatable bonds is 2. The van der Waals surface area contributed by atoms with Gasteiger partial charge in [-0.3, -0.25) is 24.2 Å². The number of para-hydroxylation sites is 1. The zero-order valence-electron chi connectivity index (χ0n) is 18.1. The molecule has 1 fully saturated rings. The van der Waals surface area contributed by atoms with Gasteiger partial charge in [0.15, 0.2) is 11.4 Å². The van der Waals surface area contributed by atoms with E-state index in [0.717, 1.165) is 9.58 Å². The largest absolute Gasteiger partial charge is 0.480 e. The second-order valence-electron chi connectivity index (χ2n) is 7.89. The fraction of sp³-hybridized carbons (Fsp3) is 0.350. The van der Waals surface area contributed by atoms with Gasteiger partial charge in [0.05, 0.1) is 17.8 Å². The minimum absolute atomic E-state index is 0.00800. The molecule has 13 nitrogen and oxygen atoms in total. The lowest BCUT2D eigenvalue weighted by molar-refractivity contribution is -0.144. The van der Waals surface area contributed by atoms with Crippen LogP contribution in [0.15, 0.2) is 27.8 Å². The summed E-state index contributed by atoms with van der Waals surface area (Å²) in [6.07, 6.45) is 0. The van der Waals surface area contributed by atoms with E-state index in [-0.39, 0.29) is 54.1 Å². The molecule has 1 unspecified atom stereocenters. The number of carbonyl (C=O) groups excluding carboxylic acids is 2. The van der Waals surface area contributed by atoms with Crippen molar-refractivity contribution in [2.75, 3.05) is 39.0 Å². The number of fused-ring (bicyclic) bond motifs is 2. The molecular formula is C20H22N6O7. The molecule has 4 rings (SSSR count). The van der Waals surface area contributed by atoms with Crippen molar-refractivity contribution in [3.05, 3.63) is 44.5 Å². The summed E-state index contributed by atoms with van der Waals surface area (Å²) >= 11 is 0. The van der Waals surface area contributed by atoms with Crippen molar-refractivity contribution in [1.82, 2.24) is 24.5 Å². The Hall–Kier alpha value is -4.29. The van der Waals surface area contributed by atoms with Gasteiger partial charge in [0, 0.05) is 34.2 Å². The number of H-pyrrole nitrogens is 1. The number of carbonyl (C=O) groups is 3. The molecule has 0 saturated carbocycles. The van der Waals surface area contributed by atoms with E-state index in [2.05, 4.69) is 10.4 Å². The molecule has 0 bridgehead atoms. The molecule has 33 heavy (non-hydrogen) atoms. The minimum atomic E-state index is -1.27. The number of amides is 3. The Morgan fingerprint density at radius 3 is 2.55 bits per heavy atom. The van der Waals surface area contributed by atoms with E-state index in [9.17, 15) is 29.1 Å². The highest BCUT2D eigenvalue weighted by atomic mass is 16.5. The minimum Gasteiger partial charge on any atom is -0.480 e. The van der Waals surface area contributed by atoms with Gasteiger partial charge in [-0.05, 0) is 12.1 Å². The van der Waals surface area contributed by atoms with Crippen molar-refractivity contribution in [1.29, 1.82) is 0 Å². The van der Waals surface area contributed by atoms with E-state index < -0.39 is 29.0 Å². The van der Waals surface area contributed by atoms with Crippen molar-refractivity contribution in [2.24, 2.45) is 7.05 Å². The van der Waals surface area contributed by atoms with E-state index in [1.54, 1.807) is 26.2 Å². The maximum atomic E-state index is 13.4. The predicted molar refractivity (Wildman–Crippen MR) is 115 cm³/mol. The lowest BCUT2D eigenvalue weighted by Gasteiger charge is -2.40. The fourth-order valence-electron chi connectivity index (χ4n) is 3.83. The zero-order valence-corrected chi connectivity index (χ0v) is 18.1. The van der Waals surface area contributed by atoms with Crippen molar-refractivity contribution >= 4 is 29.3 Å². The summed E-state index contributed by atoms with van der Waals surface area (Å²) in [5.41, 5.74) is -0.993. The standard InChI is InChI=1S/C20H22N6O7/c1-23(2)20(32)25-7-8-26(12(9-25)19(30)31)17(28)10-5-4-6-11-14(10)33-15-13(21-11)16(27)22-24(3)18(15)29/h4-6,12,21H,7-9H2,1-3H3,(H,22,27)(H,30,31). The first kappa shape index (κ1) is 21.9. The van der Waals surface area contributed by atoms with Crippen LogP contribution in [0.3, 0.4) is 0 Å². The monoisotopic (exact) mass is 458 g/mol. The zero-order chi connectivity index (χ0) is 24.0. The molecule has 0 spiro atoms. The van der Waals surface area contributed by atoms with E-state index in [1.165, 1.54) is 22.9 Å². The summed E-state index contributed by atoms with van der Waals surface area (Å²) in [5, 5.41) is 14.9. The number of nitrogens with one attached hydrogen (secondary N) is 2. The number of hydrogen-bond acceptors (Lipinski definition) is 7. The van der Waals surface area contributed by atoms with Gasteiger partial charge in [0.1, 0.15) is 6.04 Å². The van der Waals surface area contributed by atoms with Gasteiger partial charge in [-0.15, -0.1) is 0 Å². The molecule has 3 heterocycles. The van der Waals surface area contributed by atoms with Gasteiger partial charge in [-0.1, -0.05) is 6.07 Å². The lowest BCUT2D eigenvalue weighted by Crippen LogP contribution is -2.60. The van der Waals surface area contributed by atoms with Crippen LogP contribution in [0, 0.1) is 0 Å². The quantitative estimate of drug-likeness (QED) is 0.477. The maximum Gasteiger partial charge on any atom is 0.328 e. The third-order valence-corrected chi connectivity index (χ3v) is 5.51. The molecule has 1 aromatic carbocycles. The number of piperazine rings is 1. The Balaban J connectivity index is 1.69. The molecule has 13 heteroatoms. The van der Waals surface area contributed by atoms with E-state index in [0.29, 0.717) is 0 Å². The van der Waals surface area contributed by atoms with E-state index in [1.807, 2.05) is 0 Å². The predicted octanol–water partition coefficient (Wildman–Crippen LogP) is -0.184. The number of anilines is 2. The van der Waals surface area contributed by atoms with Crippen LogP contribution in [-0.2, 0) is 11.8 Å². The molecule has 0 aliphatic carbocycles. The summed E-state index contributed by atoms with van der Waals surface area (Å²) in [5.74, 6) is -2.16. The van der Waals surface area contributed by atoms with Crippen LogP contribution in [0.1, 0.15) is 10.4 Å². The molecule has 2 aromatic rings. The van der Waals surface area contributed by atoms with Crippen LogP contribution in [0.5, 0.6) is 11.5 Å². The Kier molecular flexibility index (Phi) is 5.31. The number of nitrogens with zero attached hydrogens (tertiary/aromatic N) is 4. The number of aromatic nitrogens is 2. The highest BCUT2D eigenvalue weighted by molar-refractivity contribution is 6.01. The maximum absolute atomic E-state index is 13.4. The van der Waals surface area contributed by atoms with Crippen LogP contribution >= 0.6 is 0 Å². The van der Waals surface area contributed by atoms with Gasteiger partial charge in [0.25, 0.3) is 11.5 Å². The summed E-state index contributed by atoms with van der Waals surface area (Å²) < 4.78 is 6.68. The molecule has 174 valence electrons. The third kappa shape index (κ3) is 3.66. The average Bonchev–Trinajstić information content (AvgIpc) is 2.79. The second-order valence-corrected chi connectivity index (χ2v) is 7.89. The van der Waals surface area contributed by atoms with E-state index >= 15 is 0 Å². The summed E-state index contributed by atoms with van der Waals surface area (Å²) in [6, 6.07) is 2.93. The first-order chi connectivity index (χ1) is 15.6. The Labute approximate surface area is 186 Å². The first-order valence-corrected chi connectivity index (χ1v) is 10.0. The van der Waals surface area contributed by atoms with Gasteiger partial charge >= 0.3 is 17.6 Å². The van der Waals surface area contributed by atoms with Gasteiger partial charge in [-0.25, -0.2) is 9.59 Å². The molecule has 2 aliphatic heterocycles. The number of ether oxygens (including phenoxy) is 1. The molecule has 0 radical (unpaired) electrons. The normalized spacial score (nSPS) is 16.8.